The van der Waals surface area contributed by atoms with Crippen LogP contribution in [0.5, 0.6) is 5.88 Å². The lowest BCUT2D eigenvalue weighted by Crippen LogP contribution is -2.32. The highest BCUT2D eigenvalue weighted by Gasteiger charge is 2.24. The van der Waals surface area contributed by atoms with Crippen LogP contribution in [0.4, 0.5) is 4.39 Å². The molecule has 2 N–H and O–H groups in total. The Morgan fingerprint density at radius 3 is 2.63 bits per heavy atom. The van der Waals surface area contributed by atoms with E-state index in [4.69, 9.17) is 4.74 Å². The van der Waals surface area contributed by atoms with E-state index in [0.717, 1.165) is 6.20 Å². The lowest BCUT2D eigenvalue weighted by atomic mass is 9.88. The molecule has 35 heavy (non-hydrogen) atoms. The van der Waals surface area contributed by atoms with Crippen molar-refractivity contribution in [1.82, 2.24) is 19.5 Å². The summed E-state index contributed by atoms with van der Waals surface area (Å²) in [4.78, 5) is 16.8. The van der Waals surface area contributed by atoms with Gasteiger partial charge in [0.05, 0.1) is 31.9 Å². The summed E-state index contributed by atoms with van der Waals surface area (Å²) in [6.07, 6.45) is 3.55. The zero-order valence-electron chi connectivity index (χ0n) is 20.2. The highest BCUT2D eigenvalue weighted by atomic mass is 32.2. The Kier molecular flexibility index (Phi) is 7.61. The standard InChI is InChI=1S/C24H29FN4O5S/c1-15(2)19-9-17(25)10-20(16-6-7-26-23(8-16)34-5)21(19)11-22(30)28-35(32,33)18-12-27-29(13-18)14-24(3,4)31/h6-10,12-13,15,31H,11,14H2,1-5H3,(H,28,30). The fraction of sp³-hybridized carbons (Fsp3) is 0.375. The van der Waals surface area contributed by atoms with Crippen molar-refractivity contribution in [2.75, 3.05) is 7.11 Å². The minimum absolute atomic E-state index is 0.0720. The first-order chi connectivity index (χ1) is 16.3. The minimum Gasteiger partial charge on any atom is -0.481 e. The molecule has 11 heteroatoms. The zero-order chi connectivity index (χ0) is 26.0. The lowest BCUT2D eigenvalue weighted by Gasteiger charge is -2.18. The van der Waals surface area contributed by atoms with E-state index in [-0.39, 0.29) is 23.8 Å². The number of hydrogen-bond donors (Lipinski definition) is 2. The van der Waals surface area contributed by atoms with E-state index in [1.807, 2.05) is 13.8 Å². The minimum atomic E-state index is -4.21. The van der Waals surface area contributed by atoms with Crippen LogP contribution in [0.1, 0.15) is 44.7 Å². The van der Waals surface area contributed by atoms with E-state index in [1.165, 1.54) is 36.3 Å². The van der Waals surface area contributed by atoms with Crippen molar-refractivity contribution in [1.29, 1.82) is 0 Å². The topological polar surface area (TPSA) is 123 Å². The Bertz CT molecular complexity index is 1330. The van der Waals surface area contributed by atoms with Crippen LogP contribution >= 0.6 is 0 Å². The first-order valence-corrected chi connectivity index (χ1v) is 12.4. The highest BCUT2D eigenvalue weighted by Crippen LogP contribution is 2.33. The van der Waals surface area contributed by atoms with Crippen molar-refractivity contribution in [3.8, 4) is 17.0 Å². The molecular formula is C24H29FN4O5S. The van der Waals surface area contributed by atoms with Gasteiger partial charge in [-0.15, -0.1) is 0 Å². The van der Waals surface area contributed by atoms with Crippen LogP contribution < -0.4 is 9.46 Å². The van der Waals surface area contributed by atoms with E-state index in [0.29, 0.717) is 28.1 Å². The lowest BCUT2D eigenvalue weighted by molar-refractivity contribution is -0.118. The number of amides is 1. The summed E-state index contributed by atoms with van der Waals surface area (Å²) in [6, 6.07) is 5.94. The fourth-order valence-electron chi connectivity index (χ4n) is 3.69. The normalized spacial score (nSPS) is 12.1. The van der Waals surface area contributed by atoms with Gasteiger partial charge >= 0.3 is 0 Å². The zero-order valence-corrected chi connectivity index (χ0v) is 21.1. The van der Waals surface area contributed by atoms with Crippen LogP contribution in [-0.4, -0.2) is 46.9 Å². The van der Waals surface area contributed by atoms with E-state index in [2.05, 4.69) is 14.8 Å². The summed E-state index contributed by atoms with van der Waals surface area (Å²) in [6.45, 7) is 6.93. The van der Waals surface area contributed by atoms with Crippen LogP contribution in [0.25, 0.3) is 11.1 Å². The number of benzene rings is 1. The fourth-order valence-corrected chi connectivity index (χ4v) is 4.62. The summed E-state index contributed by atoms with van der Waals surface area (Å²) in [5.74, 6) is -1.07. The number of methoxy groups -OCH3 is 1. The Hall–Kier alpha value is -3.31. The molecule has 0 aliphatic carbocycles. The van der Waals surface area contributed by atoms with Gasteiger partial charge in [-0.05, 0) is 60.2 Å². The molecule has 1 amide bonds. The number of carbonyl (C=O) groups is 1. The maximum atomic E-state index is 14.5. The number of rotatable bonds is 9. The second-order valence-electron chi connectivity index (χ2n) is 9.15. The number of sulfonamides is 1. The van der Waals surface area contributed by atoms with Gasteiger partial charge in [-0.1, -0.05) is 13.8 Å². The van der Waals surface area contributed by atoms with Crippen molar-refractivity contribution < 1.29 is 27.4 Å². The third kappa shape index (κ3) is 6.64. The molecule has 3 aromatic rings. The molecule has 0 aliphatic heterocycles. The predicted molar refractivity (Wildman–Crippen MR) is 128 cm³/mol. The number of halogens is 1. The molecule has 0 aliphatic rings. The molecule has 0 atom stereocenters. The van der Waals surface area contributed by atoms with Gasteiger partial charge in [0.25, 0.3) is 10.0 Å². The molecule has 0 radical (unpaired) electrons. The van der Waals surface area contributed by atoms with E-state index in [9.17, 15) is 22.7 Å². The van der Waals surface area contributed by atoms with Gasteiger partial charge in [-0.3, -0.25) is 9.48 Å². The van der Waals surface area contributed by atoms with Gasteiger partial charge < -0.3 is 9.84 Å². The Labute approximate surface area is 204 Å². The highest BCUT2D eigenvalue weighted by molar-refractivity contribution is 7.90. The van der Waals surface area contributed by atoms with Gasteiger partial charge in [0.15, 0.2) is 0 Å². The third-order valence-corrected chi connectivity index (χ3v) is 6.51. The molecule has 0 unspecified atom stereocenters. The summed E-state index contributed by atoms with van der Waals surface area (Å²) in [7, 11) is -2.75. The monoisotopic (exact) mass is 504 g/mol. The SMILES string of the molecule is COc1cc(-c2cc(F)cc(C(C)C)c2CC(=O)NS(=O)(=O)c2cnn(CC(C)(C)O)c2)ccn1. The Morgan fingerprint density at radius 1 is 1.29 bits per heavy atom. The molecule has 188 valence electrons. The average Bonchev–Trinajstić information content (AvgIpc) is 3.22. The molecular weight excluding hydrogens is 475 g/mol. The smallest absolute Gasteiger partial charge is 0.267 e. The van der Waals surface area contributed by atoms with Crippen molar-refractivity contribution in [2.24, 2.45) is 0 Å². The number of ether oxygens (including phenoxy) is 1. The Balaban J connectivity index is 1.93. The summed E-state index contributed by atoms with van der Waals surface area (Å²) in [5, 5.41) is 13.9. The first kappa shape index (κ1) is 26.3. The van der Waals surface area contributed by atoms with Gasteiger partial charge in [-0.2, -0.15) is 5.10 Å². The summed E-state index contributed by atoms with van der Waals surface area (Å²) in [5.41, 5.74) is 1.01. The van der Waals surface area contributed by atoms with Gasteiger partial charge in [0.2, 0.25) is 11.8 Å². The number of hydrogen-bond acceptors (Lipinski definition) is 7. The second kappa shape index (κ2) is 10.1. The molecule has 2 aromatic heterocycles. The van der Waals surface area contributed by atoms with Crippen LogP contribution in [-0.2, 0) is 27.8 Å². The van der Waals surface area contributed by atoms with Crippen molar-refractivity contribution in [2.45, 2.75) is 57.1 Å². The van der Waals surface area contributed by atoms with Crippen molar-refractivity contribution in [3.05, 3.63) is 59.8 Å². The average molecular weight is 505 g/mol. The number of pyridine rings is 1. The van der Waals surface area contributed by atoms with Crippen LogP contribution in [0.15, 0.2) is 47.8 Å². The summed E-state index contributed by atoms with van der Waals surface area (Å²) < 4.78 is 48.6. The van der Waals surface area contributed by atoms with Crippen LogP contribution in [0.3, 0.4) is 0 Å². The molecule has 1 aromatic carbocycles. The van der Waals surface area contributed by atoms with Crippen LogP contribution in [0.2, 0.25) is 0 Å². The van der Waals surface area contributed by atoms with Gasteiger partial charge in [0, 0.05) is 18.5 Å². The van der Waals surface area contributed by atoms with E-state index < -0.39 is 27.3 Å². The van der Waals surface area contributed by atoms with Gasteiger partial charge in [0.1, 0.15) is 10.7 Å². The van der Waals surface area contributed by atoms with Crippen molar-refractivity contribution in [3.63, 3.8) is 0 Å². The number of nitrogens with one attached hydrogen (secondary N) is 1. The maximum absolute atomic E-state index is 14.5. The molecule has 9 nitrogen and oxygen atoms in total. The van der Waals surface area contributed by atoms with Crippen LogP contribution in [0, 0.1) is 5.82 Å². The molecule has 0 fully saturated rings. The predicted octanol–water partition coefficient (Wildman–Crippen LogP) is 3.03. The summed E-state index contributed by atoms with van der Waals surface area (Å²) >= 11 is 0. The molecule has 2 heterocycles. The van der Waals surface area contributed by atoms with Crippen molar-refractivity contribution >= 4 is 15.9 Å². The number of nitrogens with zero attached hydrogens (tertiary/aromatic N) is 3. The quantitative estimate of drug-likeness (QED) is 0.459. The number of aliphatic hydroxyl groups is 1. The largest absolute Gasteiger partial charge is 0.481 e. The number of carbonyl (C=O) groups excluding carboxylic acids is 1. The second-order valence-corrected chi connectivity index (χ2v) is 10.8. The van der Waals surface area contributed by atoms with Gasteiger partial charge in [-0.25, -0.2) is 22.5 Å². The number of aromatic nitrogens is 3. The molecule has 0 saturated heterocycles. The molecule has 0 spiro atoms. The van der Waals surface area contributed by atoms with E-state index in [1.54, 1.807) is 26.0 Å². The maximum Gasteiger partial charge on any atom is 0.267 e. The molecule has 0 saturated carbocycles. The molecule has 3 rings (SSSR count). The van der Waals surface area contributed by atoms with E-state index >= 15 is 0 Å². The first-order valence-electron chi connectivity index (χ1n) is 10.9. The third-order valence-electron chi connectivity index (χ3n) is 5.18. The Morgan fingerprint density at radius 2 is 2.00 bits per heavy atom. The molecule has 0 bridgehead atoms.